The van der Waals surface area contributed by atoms with Crippen LogP contribution in [0, 0.1) is 0 Å². The lowest BCUT2D eigenvalue weighted by Gasteiger charge is -2.34. The highest BCUT2D eigenvalue weighted by molar-refractivity contribution is 9.10. The van der Waals surface area contributed by atoms with Gasteiger partial charge in [-0.15, -0.1) is 11.3 Å². The van der Waals surface area contributed by atoms with Crippen LogP contribution in [0.1, 0.15) is 17.8 Å². The Bertz CT molecular complexity index is 687. The van der Waals surface area contributed by atoms with Crippen LogP contribution in [0.3, 0.4) is 0 Å². The van der Waals surface area contributed by atoms with Crippen molar-refractivity contribution >= 4 is 38.9 Å². The Morgan fingerprint density at radius 1 is 1.27 bits per heavy atom. The maximum atomic E-state index is 12.5. The molecule has 2 N–H and O–H groups in total. The molecule has 2 aromatic rings. The fourth-order valence-electron chi connectivity index (χ4n) is 2.94. The van der Waals surface area contributed by atoms with E-state index in [2.05, 4.69) is 49.0 Å². The minimum atomic E-state index is -0.276. The van der Waals surface area contributed by atoms with Gasteiger partial charge in [-0.1, -0.05) is 22.0 Å². The van der Waals surface area contributed by atoms with E-state index >= 15 is 0 Å². The molecule has 1 amide bonds. The van der Waals surface area contributed by atoms with Gasteiger partial charge < -0.3 is 15.4 Å². The molecule has 2 atom stereocenters. The zero-order chi connectivity index (χ0) is 18.4. The zero-order valence-electron chi connectivity index (χ0n) is 14.8. The molecule has 0 aliphatic carbocycles. The highest BCUT2D eigenvalue weighted by Gasteiger charge is 2.24. The lowest BCUT2D eigenvalue weighted by molar-refractivity contribution is -0.117. The maximum absolute atomic E-state index is 12.5. The summed E-state index contributed by atoms with van der Waals surface area (Å²) >= 11 is 5.16. The molecule has 0 radical (unpaired) electrons. The topological polar surface area (TPSA) is 53.6 Å². The Labute approximate surface area is 166 Å². The number of rotatable bonds is 7. The molecule has 140 valence electrons. The van der Waals surface area contributed by atoms with E-state index in [0.29, 0.717) is 0 Å². The number of carbonyl (C=O) groups is 1. The monoisotopic (exact) mass is 437 g/mol. The summed E-state index contributed by atoms with van der Waals surface area (Å²) in [5, 5.41) is 8.46. The molecular weight excluding hydrogens is 414 g/mol. The summed E-state index contributed by atoms with van der Waals surface area (Å²) in [6.45, 7) is 6.00. The van der Waals surface area contributed by atoms with Crippen molar-refractivity contribution in [2.75, 3.05) is 38.2 Å². The normalized spacial score (nSPS) is 17.6. The van der Waals surface area contributed by atoms with Crippen molar-refractivity contribution in [1.82, 2.24) is 10.2 Å². The standard InChI is InChI=1S/C19H24BrN3O2S/c1-14(19(24)22-16-6-4-15(20)5-7-16)21-13-17(18-3-2-12-26-18)23-8-10-25-11-9-23/h2-7,12,14,17,21H,8-11,13H2,1H3,(H,22,24). The van der Waals surface area contributed by atoms with E-state index in [9.17, 15) is 4.79 Å². The predicted molar refractivity (Wildman–Crippen MR) is 110 cm³/mol. The molecular formula is C19H24BrN3O2S. The fraction of sp³-hybridized carbons (Fsp3) is 0.421. The summed E-state index contributed by atoms with van der Waals surface area (Å²) in [7, 11) is 0. The zero-order valence-corrected chi connectivity index (χ0v) is 17.2. The molecule has 1 aromatic heterocycles. The molecule has 2 unspecified atom stereocenters. The lowest BCUT2D eigenvalue weighted by Crippen LogP contribution is -2.46. The minimum absolute atomic E-state index is 0.0285. The van der Waals surface area contributed by atoms with Crippen LogP contribution in [-0.4, -0.2) is 49.7 Å². The molecule has 5 nitrogen and oxygen atoms in total. The van der Waals surface area contributed by atoms with Crippen molar-refractivity contribution in [2.24, 2.45) is 0 Å². The number of benzene rings is 1. The smallest absolute Gasteiger partial charge is 0.241 e. The molecule has 1 aromatic carbocycles. The number of anilines is 1. The van der Waals surface area contributed by atoms with Crippen LogP contribution in [0.2, 0.25) is 0 Å². The highest BCUT2D eigenvalue weighted by Crippen LogP contribution is 2.25. The third-order valence-corrected chi connectivity index (χ3v) is 5.98. The number of morpholine rings is 1. The molecule has 2 heterocycles. The Hall–Kier alpha value is -1.25. The second kappa shape index (κ2) is 9.62. The van der Waals surface area contributed by atoms with Gasteiger partial charge in [0.1, 0.15) is 0 Å². The van der Waals surface area contributed by atoms with Crippen LogP contribution in [0.5, 0.6) is 0 Å². The van der Waals surface area contributed by atoms with Crippen molar-refractivity contribution in [1.29, 1.82) is 0 Å². The number of carbonyl (C=O) groups excluding carboxylic acids is 1. The van der Waals surface area contributed by atoms with Gasteiger partial charge in [0.2, 0.25) is 5.91 Å². The van der Waals surface area contributed by atoms with E-state index in [1.54, 1.807) is 11.3 Å². The summed E-state index contributed by atoms with van der Waals surface area (Å²) in [6.07, 6.45) is 0. The van der Waals surface area contributed by atoms with Gasteiger partial charge in [-0.2, -0.15) is 0 Å². The van der Waals surface area contributed by atoms with Crippen LogP contribution in [0.15, 0.2) is 46.3 Å². The Kier molecular flexibility index (Phi) is 7.22. The molecule has 1 aliphatic heterocycles. The van der Waals surface area contributed by atoms with Gasteiger partial charge >= 0.3 is 0 Å². The van der Waals surface area contributed by atoms with Gasteiger partial charge in [-0.05, 0) is 42.6 Å². The molecule has 0 saturated carbocycles. The SMILES string of the molecule is CC(NCC(c1cccs1)N1CCOCC1)C(=O)Nc1ccc(Br)cc1. The van der Waals surface area contributed by atoms with Crippen LogP contribution >= 0.6 is 27.3 Å². The first kappa shape index (κ1) is 19.5. The van der Waals surface area contributed by atoms with Gasteiger partial charge in [0, 0.05) is 34.7 Å². The fourth-order valence-corrected chi connectivity index (χ4v) is 4.07. The summed E-state index contributed by atoms with van der Waals surface area (Å²) in [4.78, 5) is 16.2. The van der Waals surface area contributed by atoms with E-state index < -0.39 is 0 Å². The van der Waals surface area contributed by atoms with Crippen molar-refractivity contribution in [3.8, 4) is 0 Å². The summed E-state index contributed by atoms with van der Waals surface area (Å²) in [6, 6.07) is 11.8. The van der Waals surface area contributed by atoms with E-state index in [1.807, 2.05) is 31.2 Å². The van der Waals surface area contributed by atoms with Crippen LogP contribution in [0.25, 0.3) is 0 Å². The molecule has 26 heavy (non-hydrogen) atoms. The van der Waals surface area contributed by atoms with Crippen LogP contribution in [0.4, 0.5) is 5.69 Å². The third kappa shape index (κ3) is 5.37. The number of hydrogen-bond acceptors (Lipinski definition) is 5. The Balaban J connectivity index is 1.57. The minimum Gasteiger partial charge on any atom is -0.379 e. The Morgan fingerprint density at radius 3 is 2.65 bits per heavy atom. The number of nitrogens with zero attached hydrogens (tertiary/aromatic N) is 1. The van der Waals surface area contributed by atoms with Gasteiger partial charge in [-0.3, -0.25) is 9.69 Å². The number of nitrogens with one attached hydrogen (secondary N) is 2. The molecule has 3 rings (SSSR count). The van der Waals surface area contributed by atoms with E-state index in [1.165, 1.54) is 4.88 Å². The number of hydrogen-bond donors (Lipinski definition) is 2. The molecule has 1 aliphatic rings. The Morgan fingerprint density at radius 2 is 2.00 bits per heavy atom. The number of ether oxygens (including phenoxy) is 1. The van der Waals surface area contributed by atoms with E-state index in [0.717, 1.165) is 43.0 Å². The average Bonchev–Trinajstić information content (AvgIpc) is 3.19. The predicted octanol–water partition coefficient (Wildman–Crippen LogP) is 3.50. The van der Waals surface area contributed by atoms with Crippen molar-refractivity contribution < 1.29 is 9.53 Å². The van der Waals surface area contributed by atoms with Crippen LogP contribution in [-0.2, 0) is 9.53 Å². The third-order valence-electron chi connectivity index (χ3n) is 4.48. The summed E-state index contributed by atoms with van der Waals surface area (Å²) in [5.41, 5.74) is 0.801. The lowest BCUT2D eigenvalue weighted by atomic mass is 10.1. The number of halogens is 1. The molecule has 0 spiro atoms. The summed E-state index contributed by atoms with van der Waals surface area (Å²) < 4.78 is 6.47. The van der Waals surface area contributed by atoms with Crippen LogP contribution < -0.4 is 10.6 Å². The average molecular weight is 438 g/mol. The van der Waals surface area contributed by atoms with E-state index in [-0.39, 0.29) is 18.0 Å². The van der Waals surface area contributed by atoms with Gasteiger partial charge in [0.15, 0.2) is 0 Å². The second-order valence-electron chi connectivity index (χ2n) is 6.31. The van der Waals surface area contributed by atoms with Gasteiger partial charge in [0.25, 0.3) is 0 Å². The van der Waals surface area contributed by atoms with Gasteiger partial charge in [0.05, 0.1) is 25.3 Å². The number of thiophene rings is 1. The first-order chi connectivity index (χ1) is 12.6. The van der Waals surface area contributed by atoms with E-state index in [4.69, 9.17) is 4.74 Å². The molecule has 1 fully saturated rings. The first-order valence-electron chi connectivity index (χ1n) is 8.78. The van der Waals surface area contributed by atoms with Crippen molar-refractivity contribution in [3.63, 3.8) is 0 Å². The van der Waals surface area contributed by atoms with Gasteiger partial charge in [-0.25, -0.2) is 0 Å². The van der Waals surface area contributed by atoms with Crippen molar-refractivity contribution in [3.05, 3.63) is 51.1 Å². The quantitative estimate of drug-likeness (QED) is 0.695. The summed E-state index contributed by atoms with van der Waals surface area (Å²) in [5.74, 6) is -0.0285. The number of amides is 1. The maximum Gasteiger partial charge on any atom is 0.241 e. The highest BCUT2D eigenvalue weighted by atomic mass is 79.9. The first-order valence-corrected chi connectivity index (χ1v) is 10.5. The molecule has 7 heteroatoms. The second-order valence-corrected chi connectivity index (χ2v) is 8.20. The molecule has 0 bridgehead atoms. The van der Waals surface area contributed by atoms with Crippen molar-refractivity contribution in [2.45, 2.75) is 19.0 Å². The molecule has 1 saturated heterocycles. The largest absolute Gasteiger partial charge is 0.379 e.